The van der Waals surface area contributed by atoms with Crippen LogP contribution in [0.25, 0.3) is 5.32 Å². The standard InChI is InChI=1S/C5H5.C3H8N.Bi.Zr/c1-2-4-5-3-1;1-3-4-2;;/h1-5H;3H2,1-2H3;;/q2*-1;;+2. The molecular weight excluding hydrogens is 410 g/mol. The van der Waals surface area contributed by atoms with E-state index in [1.165, 1.54) is 0 Å². The Balaban J connectivity index is -0.000000101. The molecule has 11 heavy (non-hydrogen) atoms. The van der Waals surface area contributed by atoms with Crippen LogP contribution in [0.5, 0.6) is 0 Å². The number of nitrogens with zero attached hydrogens (tertiary/aromatic N) is 1. The quantitative estimate of drug-likeness (QED) is 0.485. The maximum absolute atomic E-state index is 3.74. The molecule has 3 heteroatoms. The summed E-state index contributed by atoms with van der Waals surface area (Å²) in [6.07, 6.45) is 0. The topological polar surface area (TPSA) is 14.1 Å². The van der Waals surface area contributed by atoms with E-state index in [0.29, 0.717) is 0 Å². The van der Waals surface area contributed by atoms with E-state index in [4.69, 9.17) is 0 Å². The average Bonchev–Trinajstić information content (AvgIpc) is 2.43. The number of hydrogen-bond acceptors (Lipinski definition) is 0. The zero-order chi connectivity index (χ0) is 6.95. The van der Waals surface area contributed by atoms with Gasteiger partial charge >= 0.3 is 26.2 Å². The molecule has 0 aromatic heterocycles. The molecule has 0 heterocycles. The number of hydrogen-bond donors (Lipinski definition) is 0. The summed E-state index contributed by atoms with van der Waals surface area (Å²) in [6, 6.07) is 10.0. The van der Waals surface area contributed by atoms with Crippen molar-refractivity contribution in [3.63, 3.8) is 0 Å². The van der Waals surface area contributed by atoms with Gasteiger partial charge in [-0.05, 0) is 0 Å². The Labute approximate surface area is 108 Å². The van der Waals surface area contributed by atoms with Crippen molar-refractivity contribution in [1.29, 1.82) is 0 Å². The van der Waals surface area contributed by atoms with Gasteiger partial charge in [-0.3, -0.25) is 0 Å². The zero-order valence-corrected chi connectivity index (χ0v) is 12.9. The van der Waals surface area contributed by atoms with Gasteiger partial charge in [-0.25, -0.2) is 12.1 Å². The molecule has 0 aliphatic rings. The van der Waals surface area contributed by atoms with Crippen LogP contribution in [-0.4, -0.2) is 39.8 Å². The second-order valence-corrected chi connectivity index (χ2v) is 1.59. The molecule has 0 fully saturated rings. The Morgan fingerprint density at radius 2 is 1.64 bits per heavy atom. The van der Waals surface area contributed by atoms with E-state index < -0.39 is 0 Å². The van der Waals surface area contributed by atoms with Crippen molar-refractivity contribution in [1.82, 2.24) is 0 Å². The molecule has 0 N–H and O–H groups in total. The van der Waals surface area contributed by atoms with Crippen LogP contribution in [0.4, 0.5) is 0 Å². The van der Waals surface area contributed by atoms with Gasteiger partial charge in [0.15, 0.2) is 0 Å². The van der Waals surface area contributed by atoms with Crippen molar-refractivity contribution in [2.45, 2.75) is 6.92 Å². The number of rotatable bonds is 1. The average molecular weight is 423 g/mol. The van der Waals surface area contributed by atoms with E-state index in [1.54, 1.807) is 7.05 Å². The van der Waals surface area contributed by atoms with Gasteiger partial charge < -0.3 is 5.32 Å². The van der Waals surface area contributed by atoms with Crippen LogP contribution < -0.4 is 0 Å². The van der Waals surface area contributed by atoms with Crippen molar-refractivity contribution in [2.75, 3.05) is 13.6 Å². The second-order valence-electron chi connectivity index (χ2n) is 1.59. The van der Waals surface area contributed by atoms with Gasteiger partial charge in [0.05, 0.1) is 0 Å². The predicted octanol–water partition coefficient (Wildman–Crippen LogP) is 2.03. The Kier molecular flexibility index (Phi) is 28.2. The van der Waals surface area contributed by atoms with E-state index in [-0.39, 0.29) is 52.4 Å². The third-order valence-corrected chi connectivity index (χ3v) is 0.872. The summed E-state index contributed by atoms with van der Waals surface area (Å²) < 4.78 is 0. The monoisotopic (exact) mass is 422 g/mol. The van der Waals surface area contributed by atoms with Crippen molar-refractivity contribution in [2.24, 2.45) is 0 Å². The van der Waals surface area contributed by atoms with E-state index in [9.17, 15) is 0 Å². The van der Waals surface area contributed by atoms with E-state index in [1.807, 2.05) is 37.3 Å². The van der Waals surface area contributed by atoms with Gasteiger partial charge in [-0.2, -0.15) is 31.8 Å². The van der Waals surface area contributed by atoms with Crippen LogP contribution in [0.15, 0.2) is 30.3 Å². The smallest absolute Gasteiger partial charge is 0.665 e. The van der Waals surface area contributed by atoms with Crippen molar-refractivity contribution >= 4 is 26.2 Å². The Hall–Kier alpha value is 1.08. The van der Waals surface area contributed by atoms with Crippen molar-refractivity contribution in [3.8, 4) is 0 Å². The minimum Gasteiger partial charge on any atom is -0.665 e. The van der Waals surface area contributed by atoms with Gasteiger partial charge in [0.25, 0.3) is 0 Å². The van der Waals surface area contributed by atoms with Gasteiger partial charge in [0.2, 0.25) is 0 Å². The molecule has 0 aliphatic heterocycles. The fourth-order valence-corrected chi connectivity index (χ4v) is 0.321. The van der Waals surface area contributed by atoms with Gasteiger partial charge in [0.1, 0.15) is 0 Å². The summed E-state index contributed by atoms with van der Waals surface area (Å²) in [6.45, 7) is 2.96. The molecule has 1 aromatic carbocycles. The van der Waals surface area contributed by atoms with Crippen LogP contribution in [0, 0.1) is 0 Å². The summed E-state index contributed by atoms with van der Waals surface area (Å²) in [7, 11) is 1.81. The molecule has 0 spiro atoms. The molecule has 59 valence electrons. The molecule has 0 bridgehead atoms. The molecule has 0 saturated carbocycles. The molecule has 0 aliphatic carbocycles. The van der Waals surface area contributed by atoms with E-state index in [0.717, 1.165) is 6.54 Å². The van der Waals surface area contributed by atoms with Crippen LogP contribution >= 0.6 is 0 Å². The van der Waals surface area contributed by atoms with Gasteiger partial charge in [-0.1, -0.05) is 6.92 Å². The molecule has 3 radical (unpaired) electrons. The first-order chi connectivity index (χ1) is 4.41. The summed E-state index contributed by atoms with van der Waals surface area (Å²) >= 11 is 0. The van der Waals surface area contributed by atoms with Crippen LogP contribution in [0.3, 0.4) is 0 Å². The zero-order valence-electron chi connectivity index (χ0n) is 6.99. The first kappa shape index (κ1) is 18.0. The van der Waals surface area contributed by atoms with E-state index in [2.05, 4.69) is 5.32 Å². The maximum Gasteiger partial charge on any atom is 2.00 e. The Morgan fingerprint density at radius 3 is 1.73 bits per heavy atom. The molecule has 1 aromatic rings. The van der Waals surface area contributed by atoms with Crippen molar-refractivity contribution < 1.29 is 26.2 Å². The molecule has 1 rings (SSSR count). The largest absolute Gasteiger partial charge is 2.00 e. The fraction of sp³-hybridized carbons (Fsp3) is 0.375. The van der Waals surface area contributed by atoms with E-state index >= 15 is 0 Å². The third-order valence-electron chi connectivity index (χ3n) is 0.872. The van der Waals surface area contributed by atoms with Crippen molar-refractivity contribution in [3.05, 3.63) is 35.6 Å². The molecule has 0 atom stereocenters. The van der Waals surface area contributed by atoms with Crippen LogP contribution in [0.2, 0.25) is 0 Å². The first-order valence-corrected chi connectivity index (χ1v) is 3.14. The fourth-order valence-electron chi connectivity index (χ4n) is 0.321. The maximum atomic E-state index is 3.74. The van der Waals surface area contributed by atoms with Crippen LogP contribution in [-0.2, 0) is 26.2 Å². The van der Waals surface area contributed by atoms with Gasteiger partial charge in [-0.15, -0.1) is 0 Å². The minimum absolute atomic E-state index is 0. The third kappa shape index (κ3) is 18.2. The molecule has 1 nitrogen and oxygen atoms in total. The second kappa shape index (κ2) is 17.2. The summed E-state index contributed by atoms with van der Waals surface area (Å²) in [4.78, 5) is 0. The normalized spacial score (nSPS) is 6.36. The Morgan fingerprint density at radius 1 is 1.27 bits per heavy atom. The first-order valence-electron chi connectivity index (χ1n) is 3.14. The predicted molar refractivity (Wildman–Crippen MR) is 47.6 cm³/mol. The summed E-state index contributed by atoms with van der Waals surface area (Å²) in [5.74, 6) is 0. The van der Waals surface area contributed by atoms with Gasteiger partial charge in [0, 0.05) is 26.2 Å². The Bertz CT molecular complexity index is 89.6. The molecule has 0 amide bonds. The molecule has 0 unspecified atom stereocenters. The minimum atomic E-state index is 0. The van der Waals surface area contributed by atoms with Crippen LogP contribution in [0.1, 0.15) is 6.92 Å². The summed E-state index contributed by atoms with van der Waals surface area (Å²) in [5, 5.41) is 3.74. The summed E-state index contributed by atoms with van der Waals surface area (Å²) in [5.41, 5.74) is 0. The molecule has 0 saturated heterocycles. The SMILES string of the molecule is CC[N-]C.[Bi].[Zr+2].c1cc[cH-]c1. The molecular formula is C8H13BiNZr.